The van der Waals surface area contributed by atoms with Crippen molar-refractivity contribution in [1.29, 1.82) is 0 Å². The molecule has 0 saturated carbocycles. The molecule has 0 amide bonds. The summed E-state index contributed by atoms with van der Waals surface area (Å²) in [5.74, 6) is 0.747. The third kappa shape index (κ3) is 5.61. The molecule has 0 nitrogen and oxygen atoms in total. The Morgan fingerprint density at radius 3 is 2.67 bits per heavy atom. The predicted molar refractivity (Wildman–Crippen MR) is 43.2 cm³/mol. The van der Waals surface area contributed by atoms with E-state index in [0.29, 0.717) is 0 Å². The molecule has 0 rings (SSSR count). The largest absolute Gasteiger partial charge is 0.0883 e. The van der Waals surface area contributed by atoms with Crippen molar-refractivity contribution in [2.75, 3.05) is 0 Å². The van der Waals surface area contributed by atoms with Gasteiger partial charge < -0.3 is 0 Å². The monoisotopic (exact) mass is 125 g/mol. The molecule has 1 radical (unpaired) electrons. The maximum absolute atomic E-state index is 3.76. The summed E-state index contributed by atoms with van der Waals surface area (Å²) in [6, 6.07) is 0. The van der Waals surface area contributed by atoms with E-state index in [9.17, 15) is 0 Å². The summed E-state index contributed by atoms with van der Waals surface area (Å²) in [6.07, 6.45) is 7.89. The van der Waals surface area contributed by atoms with Crippen LogP contribution in [-0.2, 0) is 0 Å². The van der Waals surface area contributed by atoms with Crippen molar-refractivity contribution in [1.82, 2.24) is 0 Å². The van der Waals surface area contributed by atoms with E-state index in [1.807, 2.05) is 0 Å². The summed E-state index contributed by atoms with van der Waals surface area (Å²) in [4.78, 5) is 0. The minimum absolute atomic E-state index is 0.747. The Kier molecular flexibility index (Phi) is 5.70. The summed E-state index contributed by atoms with van der Waals surface area (Å²) < 4.78 is 0. The molecule has 0 aliphatic heterocycles. The second kappa shape index (κ2) is 5.87. The molecule has 0 aromatic heterocycles. The standard InChI is InChI=1S/C9H17/c1-4-6-7-8-9(3)5-2/h7-9H,1,4-6H2,2-3H3/b8-7+. The van der Waals surface area contributed by atoms with Crippen LogP contribution in [-0.4, -0.2) is 0 Å². The molecule has 0 aromatic rings. The van der Waals surface area contributed by atoms with Gasteiger partial charge in [0.2, 0.25) is 0 Å². The maximum Gasteiger partial charge on any atom is -0.0265 e. The van der Waals surface area contributed by atoms with Gasteiger partial charge in [-0.15, -0.1) is 0 Å². The molecule has 0 spiro atoms. The van der Waals surface area contributed by atoms with Crippen molar-refractivity contribution in [3.63, 3.8) is 0 Å². The fraction of sp³-hybridized carbons (Fsp3) is 0.667. The number of rotatable bonds is 4. The van der Waals surface area contributed by atoms with Crippen molar-refractivity contribution in [3.8, 4) is 0 Å². The van der Waals surface area contributed by atoms with Crippen molar-refractivity contribution in [2.24, 2.45) is 5.92 Å². The Balaban J connectivity index is 3.20. The van der Waals surface area contributed by atoms with E-state index in [0.717, 1.165) is 18.8 Å². The van der Waals surface area contributed by atoms with E-state index < -0.39 is 0 Å². The van der Waals surface area contributed by atoms with Crippen LogP contribution < -0.4 is 0 Å². The van der Waals surface area contributed by atoms with Crippen molar-refractivity contribution in [3.05, 3.63) is 19.1 Å². The van der Waals surface area contributed by atoms with Gasteiger partial charge in [-0.1, -0.05) is 39.3 Å². The molecule has 0 aliphatic rings. The SMILES string of the molecule is [CH2]CC/C=C/C(C)CC. The Labute approximate surface area is 59.0 Å². The summed E-state index contributed by atoms with van der Waals surface area (Å²) in [5, 5.41) is 0. The van der Waals surface area contributed by atoms with Crippen LogP contribution in [0.3, 0.4) is 0 Å². The minimum Gasteiger partial charge on any atom is -0.0883 e. The molecule has 1 unspecified atom stereocenters. The first kappa shape index (κ1) is 8.74. The molecule has 0 heteroatoms. The minimum atomic E-state index is 0.747. The summed E-state index contributed by atoms with van der Waals surface area (Å²) in [5.41, 5.74) is 0. The molecule has 1 atom stereocenters. The Morgan fingerprint density at radius 2 is 2.22 bits per heavy atom. The lowest BCUT2D eigenvalue weighted by molar-refractivity contribution is 0.695. The molecular formula is C9H17. The Bertz CT molecular complexity index is 72.1. The first-order valence-electron chi connectivity index (χ1n) is 3.77. The topological polar surface area (TPSA) is 0 Å². The number of unbranched alkanes of at least 4 members (excludes halogenated alkanes) is 1. The van der Waals surface area contributed by atoms with Crippen LogP contribution in [0.2, 0.25) is 0 Å². The van der Waals surface area contributed by atoms with Gasteiger partial charge in [-0.05, 0) is 18.8 Å². The van der Waals surface area contributed by atoms with Crippen LogP contribution >= 0.6 is 0 Å². The van der Waals surface area contributed by atoms with Crippen LogP contribution in [0.5, 0.6) is 0 Å². The lowest BCUT2D eigenvalue weighted by Gasteiger charge is -1.97. The summed E-state index contributed by atoms with van der Waals surface area (Å²) in [7, 11) is 0. The van der Waals surface area contributed by atoms with Gasteiger partial charge in [0.25, 0.3) is 0 Å². The number of hydrogen-bond acceptors (Lipinski definition) is 0. The zero-order chi connectivity index (χ0) is 7.11. The fourth-order valence-corrected chi connectivity index (χ4v) is 0.582. The smallest absolute Gasteiger partial charge is 0.0265 e. The molecule has 9 heavy (non-hydrogen) atoms. The first-order chi connectivity index (χ1) is 4.31. The number of allylic oxidation sites excluding steroid dienone is 2. The molecule has 0 N–H and O–H groups in total. The molecular weight excluding hydrogens is 108 g/mol. The van der Waals surface area contributed by atoms with Crippen LogP contribution in [0.1, 0.15) is 33.1 Å². The highest BCUT2D eigenvalue weighted by Crippen LogP contribution is 2.02. The van der Waals surface area contributed by atoms with E-state index in [4.69, 9.17) is 0 Å². The molecule has 0 aliphatic carbocycles. The average molecular weight is 125 g/mol. The van der Waals surface area contributed by atoms with Crippen molar-refractivity contribution < 1.29 is 0 Å². The van der Waals surface area contributed by atoms with Crippen LogP contribution in [0, 0.1) is 12.8 Å². The van der Waals surface area contributed by atoms with Gasteiger partial charge in [0.1, 0.15) is 0 Å². The summed E-state index contributed by atoms with van der Waals surface area (Å²) >= 11 is 0. The van der Waals surface area contributed by atoms with Crippen molar-refractivity contribution in [2.45, 2.75) is 33.1 Å². The van der Waals surface area contributed by atoms with E-state index in [1.165, 1.54) is 6.42 Å². The van der Waals surface area contributed by atoms with Gasteiger partial charge in [0, 0.05) is 0 Å². The molecule has 0 saturated heterocycles. The third-order valence-electron chi connectivity index (χ3n) is 1.48. The van der Waals surface area contributed by atoms with Gasteiger partial charge in [-0.25, -0.2) is 0 Å². The lowest BCUT2D eigenvalue weighted by Crippen LogP contribution is -1.83. The lowest BCUT2D eigenvalue weighted by atomic mass is 10.1. The van der Waals surface area contributed by atoms with Gasteiger partial charge in [0.15, 0.2) is 0 Å². The second-order valence-electron chi connectivity index (χ2n) is 2.46. The molecule has 0 fully saturated rings. The molecule has 53 valence electrons. The van der Waals surface area contributed by atoms with Crippen LogP contribution in [0.4, 0.5) is 0 Å². The highest BCUT2D eigenvalue weighted by atomic mass is 13.9. The van der Waals surface area contributed by atoms with Gasteiger partial charge >= 0.3 is 0 Å². The van der Waals surface area contributed by atoms with Crippen LogP contribution in [0.25, 0.3) is 0 Å². The van der Waals surface area contributed by atoms with Crippen LogP contribution in [0.15, 0.2) is 12.2 Å². The zero-order valence-corrected chi connectivity index (χ0v) is 6.56. The Morgan fingerprint density at radius 1 is 1.56 bits per heavy atom. The maximum atomic E-state index is 3.76. The highest BCUT2D eigenvalue weighted by Gasteiger charge is 1.87. The summed E-state index contributed by atoms with van der Waals surface area (Å²) in [6.45, 7) is 8.20. The van der Waals surface area contributed by atoms with Gasteiger partial charge in [-0.3, -0.25) is 0 Å². The number of hydrogen-bond donors (Lipinski definition) is 0. The zero-order valence-electron chi connectivity index (χ0n) is 6.56. The van der Waals surface area contributed by atoms with Gasteiger partial charge in [-0.2, -0.15) is 0 Å². The quantitative estimate of drug-likeness (QED) is 0.506. The predicted octanol–water partition coefficient (Wildman–Crippen LogP) is 3.20. The second-order valence-corrected chi connectivity index (χ2v) is 2.46. The molecule has 0 aromatic carbocycles. The van der Waals surface area contributed by atoms with E-state index >= 15 is 0 Å². The Hall–Kier alpha value is -0.260. The normalized spacial score (nSPS) is 14.6. The average Bonchev–Trinajstić information content (AvgIpc) is 1.89. The van der Waals surface area contributed by atoms with Gasteiger partial charge in [0.05, 0.1) is 0 Å². The first-order valence-corrected chi connectivity index (χ1v) is 3.77. The highest BCUT2D eigenvalue weighted by molar-refractivity contribution is 4.85. The van der Waals surface area contributed by atoms with E-state index in [-0.39, 0.29) is 0 Å². The molecule has 0 bridgehead atoms. The fourth-order valence-electron chi connectivity index (χ4n) is 0.582. The van der Waals surface area contributed by atoms with E-state index in [2.05, 4.69) is 32.9 Å². The van der Waals surface area contributed by atoms with Crippen molar-refractivity contribution >= 4 is 0 Å². The third-order valence-corrected chi connectivity index (χ3v) is 1.48. The molecule has 0 heterocycles. The van der Waals surface area contributed by atoms with E-state index in [1.54, 1.807) is 0 Å².